The molecule has 21 heavy (non-hydrogen) atoms. The molecule has 0 radical (unpaired) electrons. The molecular formula is C17H22N4. The second-order valence-corrected chi connectivity index (χ2v) is 5.99. The molecule has 0 amide bonds. The minimum Gasteiger partial charge on any atom is -0.325 e. The first kappa shape index (κ1) is 14.1. The highest BCUT2D eigenvalue weighted by molar-refractivity contribution is 5.76. The van der Waals surface area contributed by atoms with Crippen molar-refractivity contribution in [2.45, 2.75) is 51.1 Å². The zero-order valence-corrected chi connectivity index (χ0v) is 12.8. The SMILES string of the molecule is CCNC1(C#N)CCCC(n2c(C)nc3ccccc32)C1. The lowest BCUT2D eigenvalue weighted by molar-refractivity contribution is 0.235. The molecule has 1 aromatic carbocycles. The van der Waals surface area contributed by atoms with Gasteiger partial charge in [-0.3, -0.25) is 5.32 Å². The number of fused-ring (bicyclic) bond motifs is 1. The quantitative estimate of drug-likeness (QED) is 0.939. The standard InChI is InChI=1S/C17H22N4/c1-3-19-17(12-18)10-6-7-14(11-17)21-13(2)20-15-8-4-5-9-16(15)21/h4-5,8-9,14,19H,3,6-7,10-11H2,1-2H3. The van der Waals surface area contributed by atoms with Crippen LogP contribution in [-0.2, 0) is 0 Å². The summed E-state index contributed by atoms with van der Waals surface area (Å²) in [6.45, 7) is 4.97. The zero-order valence-electron chi connectivity index (χ0n) is 12.8. The van der Waals surface area contributed by atoms with Gasteiger partial charge in [0.1, 0.15) is 11.4 Å². The Morgan fingerprint density at radius 2 is 2.29 bits per heavy atom. The zero-order chi connectivity index (χ0) is 14.9. The van der Waals surface area contributed by atoms with Gasteiger partial charge in [0.25, 0.3) is 0 Å². The van der Waals surface area contributed by atoms with Crippen LogP contribution in [0.5, 0.6) is 0 Å². The van der Waals surface area contributed by atoms with Crippen molar-refractivity contribution in [3.8, 4) is 6.07 Å². The maximum Gasteiger partial charge on any atom is 0.108 e. The molecule has 1 aromatic heterocycles. The predicted octanol–water partition coefficient (Wildman–Crippen LogP) is 3.33. The van der Waals surface area contributed by atoms with Gasteiger partial charge < -0.3 is 4.57 Å². The predicted molar refractivity (Wildman–Crippen MR) is 84.0 cm³/mol. The third-order valence-electron chi connectivity index (χ3n) is 4.59. The molecule has 1 N–H and O–H groups in total. The molecule has 110 valence electrons. The summed E-state index contributed by atoms with van der Waals surface area (Å²) in [7, 11) is 0. The molecule has 2 atom stereocenters. The van der Waals surface area contributed by atoms with E-state index >= 15 is 0 Å². The molecule has 1 heterocycles. The van der Waals surface area contributed by atoms with Gasteiger partial charge in [-0.05, 0) is 51.3 Å². The van der Waals surface area contributed by atoms with Gasteiger partial charge in [0, 0.05) is 6.04 Å². The first-order valence-electron chi connectivity index (χ1n) is 7.79. The maximum absolute atomic E-state index is 9.63. The summed E-state index contributed by atoms with van der Waals surface area (Å²) >= 11 is 0. The lowest BCUT2D eigenvalue weighted by Gasteiger charge is -2.37. The average molecular weight is 282 g/mol. The van der Waals surface area contributed by atoms with Crippen molar-refractivity contribution in [2.24, 2.45) is 0 Å². The number of benzene rings is 1. The molecule has 0 bridgehead atoms. The van der Waals surface area contributed by atoms with E-state index in [-0.39, 0.29) is 5.54 Å². The molecule has 0 spiro atoms. The molecule has 3 rings (SSSR count). The molecule has 1 fully saturated rings. The van der Waals surface area contributed by atoms with E-state index in [0.29, 0.717) is 6.04 Å². The lowest BCUT2D eigenvalue weighted by atomic mass is 9.79. The molecule has 1 aliphatic rings. The summed E-state index contributed by atoms with van der Waals surface area (Å²) in [5, 5.41) is 13.0. The molecule has 1 aliphatic carbocycles. The smallest absolute Gasteiger partial charge is 0.108 e. The molecule has 4 heteroatoms. The summed E-state index contributed by atoms with van der Waals surface area (Å²) in [6, 6.07) is 11.2. The number of aryl methyl sites for hydroxylation is 1. The maximum atomic E-state index is 9.63. The van der Waals surface area contributed by atoms with E-state index in [9.17, 15) is 5.26 Å². The van der Waals surface area contributed by atoms with Crippen LogP contribution in [0.4, 0.5) is 0 Å². The van der Waals surface area contributed by atoms with Gasteiger partial charge in [-0.15, -0.1) is 0 Å². The molecule has 0 saturated heterocycles. The van der Waals surface area contributed by atoms with Gasteiger partial charge in [0.15, 0.2) is 0 Å². The van der Waals surface area contributed by atoms with Crippen LogP contribution in [0.15, 0.2) is 24.3 Å². The number of hydrogen-bond donors (Lipinski definition) is 1. The lowest BCUT2D eigenvalue weighted by Crippen LogP contribution is -2.47. The molecule has 4 nitrogen and oxygen atoms in total. The third-order valence-corrected chi connectivity index (χ3v) is 4.59. The minimum absolute atomic E-state index is 0.352. The van der Waals surface area contributed by atoms with Crippen molar-refractivity contribution in [2.75, 3.05) is 6.54 Å². The Morgan fingerprint density at radius 1 is 1.48 bits per heavy atom. The second kappa shape index (κ2) is 5.50. The first-order valence-corrected chi connectivity index (χ1v) is 7.79. The molecule has 2 unspecified atom stereocenters. The summed E-state index contributed by atoms with van der Waals surface area (Å²) in [4.78, 5) is 4.67. The molecule has 2 aromatic rings. The number of nitrogens with zero attached hydrogens (tertiary/aromatic N) is 3. The van der Waals surface area contributed by atoms with Gasteiger partial charge in [-0.1, -0.05) is 19.1 Å². The molecule has 0 aliphatic heterocycles. The Balaban J connectivity index is 1.99. The van der Waals surface area contributed by atoms with Crippen LogP contribution in [-0.4, -0.2) is 21.6 Å². The Bertz CT molecular complexity index is 678. The van der Waals surface area contributed by atoms with Crippen LogP contribution in [0.3, 0.4) is 0 Å². The van der Waals surface area contributed by atoms with E-state index in [1.807, 2.05) is 6.07 Å². The van der Waals surface area contributed by atoms with Gasteiger partial charge in [-0.25, -0.2) is 4.98 Å². The number of nitrogens with one attached hydrogen (secondary N) is 1. The number of rotatable bonds is 3. The monoisotopic (exact) mass is 282 g/mol. The number of para-hydroxylation sites is 2. The Hall–Kier alpha value is -1.86. The number of nitriles is 1. The summed E-state index contributed by atoms with van der Waals surface area (Å²) in [6.07, 6.45) is 4.01. The first-order chi connectivity index (χ1) is 10.2. The van der Waals surface area contributed by atoms with Crippen molar-refractivity contribution in [3.63, 3.8) is 0 Å². The van der Waals surface area contributed by atoms with Crippen molar-refractivity contribution >= 4 is 11.0 Å². The minimum atomic E-state index is -0.379. The van der Waals surface area contributed by atoms with Crippen molar-refractivity contribution < 1.29 is 0 Å². The number of imidazole rings is 1. The summed E-state index contributed by atoms with van der Waals surface area (Å²) < 4.78 is 2.33. The second-order valence-electron chi connectivity index (χ2n) is 5.99. The fourth-order valence-corrected chi connectivity index (χ4v) is 3.73. The average Bonchev–Trinajstić information content (AvgIpc) is 2.83. The fraction of sp³-hybridized carbons (Fsp3) is 0.529. The molecule has 1 saturated carbocycles. The van der Waals surface area contributed by atoms with Crippen LogP contribution in [0.1, 0.15) is 44.5 Å². The van der Waals surface area contributed by atoms with E-state index in [1.165, 1.54) is 5.52 Å². The van der Waals surface area contributed by atoms with Gasteiger partial charge in [-0.2, -0.15) is 5.26 Å². The van der Waals surface area contributed by atoms with Gasteiger partial charge >= 0.3 is 0 Å². The van der Waals surface area contributed by atoms with Crippen molar-refractivity contribution in [1.82, 2.24) is 14.9 Å². The van der Waals surface area contributed by atoms with E-state index in [1.54, 1.807) is 0 Å². The van der Waals surface area contributed by atoms with Crippen LogP contribution < -0.4 is 5.32 Å². The topological polar surface area (TPSA) is 53.6 Å². The van der Waals surface area contributed by atoms with Gasteiger partial charge in [0.2, 0.25) is 0 Å². The highest BCUT2D eigenvalue weighted by atomic mass is 15.1. The number of aromatic nitrogens is 2. The third kappa shape index (κ3) is 2.43. The summed E-state index contributed by atoms with van der Waals surface area (Å²) in [5.74, 6) is 1.05. The van der Waals surface area contributed by atoms with Crippen molar-refractivity contribution in [3.05, 3.63) is 30.1 Å². The van der Waals surface area contributed by atoms with E-state index in [2.05, 4.69) is 53.0 Å². The van der Waals surface area contributed by atoms with Crippen LogP contribution >= 0.6 is 0 Å². The Morgan fingerprint density at radius 3 is 3.05 bits per heavy atom. The number of hydrogen-bond acceptors (Lipinski definition) is 3. The summed E-state index contributed by atoms with van der Waals surface area (Å²) in [5.41, 5.74) is 1.85. The van der Waals surface area contributed by atoms with Crippen molar-refractivity contribution in [1.29, 1.82) is 5.26 Å². The van der Waals surface area contributed by atoms with Crippen LogP contribution in [0.2, 0.25) is 0 Å². The largest absolute Gasteiger partial charge is 0.325 e. The Kier molecular flexibility index (Phi) is 3.69. The normalized spacial score (nSPS) is 25.9. The Labute approximate surface area is 125 Å². The fourth-order valence-electron chi connectivity index (χ4n) is 3.73. The van der Waals surface area contributed by atoms with Crippen LogP contribution in [0, 0.1) is 18.3 Å². The highest BCUT2D eigenvalue weighted by Crippen LogP contribution is 2.37. The van der Waals surface area contributed by atoms with Crippen LogP contribution in [0.25, 0.3) is 11.0 Å². The van der Waals surface area contributed by atoms with E-state index in [4.69, 9.17) is 0 Å². The van der Waals surface area contributed by atoms with Gasteiger partial charge in [0.05, 0.1) is 17.1 Å². The van der Waals surface area contributed by atoms with E-state index in [0.717, 1.165) is 43.6 Å². The molecular weight excluding hydrogens is 260 g/mol. The highest BCUT2D eigenvalue weighted by Gasteiger charge is 2.37. The van der Waals surface area contributed by atoms with E-state index < -0.39 is 0 Å².